The Morgan fingerprint density at radius 1 is 1.29 bits per heavy atom. The van der Waals surface area contributed by atoms with Gasteiger partial charge >= 0.3 is 0 Å². The summed E-state index contributed by atoms with van der Waals surface area (Å²) in [5.74, 6) is 0. The van der Waals surface area contributed by atoms with Gasteiger partial charge in [0.15, 0.2) is 0 Å². The first-order valence-electron chi connectivity index (χ1n) is 6.19. The average molecular weight is 300 g/mol. The molecule has 1 aromatic rings. The van der Waals surface area contributed by atoms with E-state index in [2.05, 4.69) is 46.8 Å². The molecule has 1 atom stereocenters. The third kappa shape index (κ3) is 5.66. The molecule has 1 rings (SSSR count). The molecule has 0 radical (unpaired) electrons. The molecule has 0 aliphatic heterocycles. The normalized spacial score (nSPS) is 12.9. The van der Waals surface area contributed by atoms with Gasteiger partial charge in [-0.2, -0.15) is 0 Å². The lowest BCUT2D eigenvalue weighted by atomic mass is 10.2. The van der Waals surface area contributed by atoms with Gasteiger partial charge in [-0.3, -0.25) is 4.90 Å². The van der Waals surface area contributed by atoms with E-state index in [0.29, 0.717) is 12.6 Å². The van der Waals surface area contributed by atoms with Crippen LogP contribution in [0.5, 0.6) is 0 Å². The molecule has 0 saturated carbocycles. The number of ether oxygens (including phenoxy) is 1. The number of likely N-dealkylation sites (N-methyl/N-ethyl adjacent to an activating group) is 1. The quantitative estimate of drug-likeness (QED) is 0.683. The topological polar surface area (TPSA) is 12.5 Å². The summed E-state index contributed by atoms with van der Waals surface area (Å²) in [5, 5.41) is 1.02. The fraction of sp³-hybridized carbons (Fsp3) is 0.571. The van der Waals surface area contributed by atoms with Crippen molar-refractivity contribution in [1.29, 1.82) is 0 Å². The molecular weight excluding hydrogens is 278 g/mol. The van der Waals surface area contributed by atoms with Gasteiger partial charge in [-0.1, -0.05) is 53.2 Å². The molecule has 2 nitrogen and oxygen atoms in total. The zero-order chi connectivity index (χ0) is 12.5. The molecule has 0 saturated heterocycles. The van der Waals surface area contributed by atoms with Crippen molar-refractivity contribution in [2.45, 2.75) is 26.5 Å². The summed E-state index contributed by atoms with van der Waals surface area (Å²) >= 11 is 3.48. The van der Waals surface area contributed by atoms with Crippen LogP contribution in [-0.4, -0.2) is 36.0 Å². The van der Waals surface area contributed by atoms with E-state index in [-0.39, 0.29) is 0 Å². The summed E-state index contributed by atoms with van der Waals surface area (Å²) in [6.07, 6.45) is 0. The number of alkyl halides is 1. The number of hydrogen-bond acceptors (Lipinski definition) is 2. The number of halogens is 1. The van der Waals surface area contributed by atoms with E-state index in [9.17, 15) is 0 Å². The molecule has 0 aromatic heterocycles. The molecule has 0 aliphatic carbocycles. The molecule has 1 aromatic carbocycles. The zero-order valence-electron chi connectivity index (χ0n) is 10.7. The van der Waals surface area contributed by atoms with E-state index in [1.165, 1.54) is 5.56 Å². The maximum atomic E-state index is 5.75. The van der Waals surface area contributed by atoms with Crippen molar-refractivity contribution in [1.82, 2.24) is 4.90 Å². The summed E-state index contributed by atoms with van der Waals surface area (Å²) in [6, 6.07) is 10.8. The van der Waals surface area contributed by atoms with Crippen LogP contribution in [0.3, 0.4) is 0 Å². The van der Waals surface area contributed by atoms with Gasteiger partial charge in [0.05, 0.1) is 13.2 Å². The summed E-state index contributed by atoms with van der Waals surface area (Å²) in [6.45, 7) is 8.05. The van der Waals surface area contributed by atoms with Crippen molar-refractivity contribution in [2.24, 2.45) is 0 Å². The second-order valence-electron chi connectivity index (χ2n) is 4.17. The van der Waals surface area contributed by atoms with Crippen LogP contribution in [-0.2, 0) is 11.3 Å². The van der Waals surface area contributed by atoms with Crippen molar-refractivity contribution in [3.63, 3.8) is 0 Å². The second kappa shape index (κ2) is 8.67. The Morgan fingerprint density at radius 3 is 2.59 bits per heavy atom. The van der Waals surface area contributed by atoms with E-state index in [1.54, 1.807) is 0 Å². The highest BCUT2D eigenvalue weighted by Crippen LogP contribution is 2.04. The predicted octanol–water partition coefficient (Wildman–Crippen LogP) is 3.31. The van der Waals surface area contributed by atoms with Gasteiger partial charge in [-0.25, -0.2) is 0 Å². The maximum Gasteiger partial charge on any atom is 0.0717 e. The molecule has 0 spiro atoms. The fourth-order valence-electron chi connectivity index (χ4n) is 1.83. The summed E-state index contributed by atoms with van der Waals surface area (Å²) < 4.78 is 5.75. The number of benzene rings is 1. The first-order valence-corrected chi connectivity index (χ1v) is 7.31. The smallest absolute Gasteiger partial charge is 0.0717 e. The van der Waals surface area contributed by atoms with Gasteiger partial charge in [0.2, 0.25) is 0 Å². The summed E-state index contributed by atoms with van der Waals surface area (Å²) in [4.78, 5) is 2.42. The molecular formula is C14H22BrNO. The lowest BCUT2D eigenvalue weighted by molar-refractivity contribution is 0.0616. The van der Waals surface area contributed by atoms with Crippen molar-refractivity contribution in [3.05, 3.63) is 35.9 Å². The van der Waals surface area contributed by atoms with E-state index in [0.717, 1.165) is 25.0 Å². The Bertz CT molecular complexity index is 292. The molecule has 0 bridgehead atoms. The molecule has 0 unspecified atom stereocenters. The molecule has 0 aliphatic rings. The predicted molar refractivity (Wildman–Crippen MR) is 76.6 cm³/mol. The van der Waals surface area contributed by atoms with Crippen molar-refractivity contribution in [2.75, 3.05) is 25.0 Å². The molecule has 0 N–H and O–H groups in total. The Kier molecular flexibility index (Phi) is 7.49. The van der Waals surface area contributed by atoms with Gasteiger partial charge in [0.25, 0.3) is 0 Å². The maximum absolute atomic E-state index is 5.75. The second-order valence-corrected chi connectivity index (χ2v) is 4.96. The van der Waals surface area contributed by atoms with Crippen LogP contribution >= 0.6 is 15.9 Å². The molecule has 0 fully saturated rings. The number of nitrogens with zero attached hydrogens (tertiary/aromatic N) is 1. The largest absolute Gasteiger partial charge is 0.375 e. The van der Waals surface area contributed by atoms with Crippen LogP contribution in [0.4, 0.5) is 0 Å². The number of rotatable bonds is 8. The third-order valence-corrected chi connectivity index (χ3v) is 3.23. The minimum Gasteiger partial charge on any atom is -0.375 e. The highest BCUT2D eigenvalue weighted by atomic mass is 79.9. The highest BCUT2D eigenvalue weighted by Gasteiger charge is 2.10. The van der Waals surface area contributed by atoms with Gasteiger partial charge in [0, 0.05) is 17.9 Å². The minimum absolute atomic E-state index is 0.473. The van der Waals surface area contributed by atoms with Gasteiger partial charge in [-0.05, 0) is 19.0 Å². The van der Waals surface area contributed by atoms with Crippen molar-refractivity contribution in [3.8, 4) is 0 Å². The van der Waals surface area contributed by atoms with Crippen LogP contribution in [0, 0.1) is 0 Å². The third-order valence-electron chi connectivity index (χ3n) is 2.87. The molecule has 96 valence electrons. The lowest BCUT2D eigenvalue weighted by Crippen LogP contribution is -2.37. The van der Waals surface area contributed by atoms with E-state index < -0.39 is 0 Å². The molecule has 0 heterocycles. The number of hydrogen-bond donors (Lipinski definition) is 0. The Labute approximate surface area is 113 Å². The van der Waals surface area contributed by atoms with E-state index in [1.807, 2.05) is 18.2 Å². The fourth-order valence-corrected chi connectivity index (χ4v) is 2.28. The molecule has 17 heavy (non-hydrogen) atoms. The summed E-state index contributed by atoms with van der Waals surface area (Å²) in [7, 11) is 0. The first-order chi connectivity index (χ1) is 8.27. The summed E-state index contributed by atoms with van der Waals surface area (Å²) in [5.41, 5.74) is 1.24. The van der Waals surface area contributed by atoms with Gasteiger partial charge < -0.3 is 4.74 Å². The van der Waals surface area contributed by atoms with Crippen LogP contribution < -0.4 is 0 Å². The highest BCUT2D eigenvalue weighted by molar-refractivity contribution is 9.09. The monoisotopic (exact) mass is 299 g/mol. The standard InChI is InChI=1S/C14H22BrNO/c1-3-16(10-9-15)13(2)11-17-12-14-7-5-4-6-8-14/h4-8,13H,3,9-12H2,1-2H3/t13-/m1/s1. The average Bonchev–Trinajstić information content (AvgIpc) is 2.37. The zero-order valence-corrected chi connectivity index (χ0v) is 12.3. The van der Waals surface area contributed by atoms with Crippen LogP contribution in [0.15, 0.2) is 30.3 Å². The molecule has 0 amide bonds. The van der Waals surface area contributed by atoms with E-state index >= 15 is 0 Å². The molecule has 3 heteroatoms. The SMILES string of the molecule is CCN(CCBr)[C@H](C)COCc1ccccc1. The Balaban J connectivity index is 2.25. The van der Waals surface area contributed by atoms with E-state index in [4.69, 9.17) is 4.74 Å². The first kappa shape index (κ1) is 14.7. The van der Waals surface area contributed by atoms with Gasteiger partial charge in [-0.15, -0.1) is 0 Å². The van der Waals surface area contributed by atoms with Crippen LogP contribution in [0.2, 0.25) is 0 Å². The van der Waals surface area contributed by atoms with Gasteiger partial charge in [0.1, 0.15) is 0 Å². The Hall–Kier alpha value is -0.380. The van der Waals surface area contributed by atoms with Crippen LogP contribution in [0.1, 0.15) is 19.4 Å². The minimum atomic E-state index is 0.473. The van der Waals surface area contributed by atoms with Crippen LogP contribution in [0.25, 0.3) is 0 Å². The Morgan fingerprint density at radius 2 is 2.00 bits per heavy atom. The van der Waals surface area contributed by atoms with Crippen molar-refractivity contribution >= 4 is 15.9 Å². The lowest BCUT2D eigenvalue weighted by Gasteiger charge is -2.26. The van der Waals surface area contributed by atoms with Crippen molar-refractivity contribution < 1.29 is 4.74 Å².